The Morgan fingerprint density at radius 2 is 2.00 bits per heavy atom. The van der Waals surface area contributed by atoms with E-state index in [9.17, 15) is 18.0 Å². The minimum absolute atomic E-state index is 0.0256. The van der Waals surface area contributed by atoms with Crippen LogP contribution in [0.5, 0.6) is 6.01 Å². The number of methoxy groups -OCH3 is 1. The number of fused-ring (bicyclic) bond motifs is 2. The normalized spacial score (nSPS) is 17.2. The van der Waals surface area contributed by atoms with Crippen molar-refractivity contribution in [2.24, 2.45) is 0 Å². The highest BCUT2D eigenvalue weighted by Crippen LogP contribution is 2.44. The Morgan fingerprint density at radius 1 is 1.25 bits per heavy atom. The molecule has 40 heavy (non-hydrogen) atoms. The van der Waals surface area contributed by atoms with Gasteiger partial charge >= 0.3 is 12.2 Å². The number of nitrogens with zero attached hydrogens (tertiary/aromatic N) is 6. The van der Waals surface area contributed by atoms with Crippen molar-refractivity contribution in [1.29, 1.82) is 0 Å². The number of ether oxygens (including phenoxy) is 2. The van der Waals surface area contributed by atoms with Gasteiger partial charge in [0.2, 0.25) is 0 Å². The smallest absolute Gasteiger partial charge is 0.418 e. The number of carbonyl (C=O) groups is 1. The molecule has 14 heteroatoms. The Hall–Kier alpha value is -3.58. The third-order valence-electron chi connectivity index (χ3n) is 7.18. The molecule has 0 saturated heterocycles. The Labute approximate surface area is 233 Å². The Bertz CT molecular complexity index is 1470. The quantitative estimate of drug-likeness (QED) is 0.459. The minimum Gasteiger partial charge on any atom is -0.467 e. The number of halogens is 4. The maximum Gasteiger partial charge on any atom is 0.418 e. The van der Waals surface area contributed by atoms with Crippen molar-refractivity contribution in [2.75, 3.05) is 38.4 Å². The topological polar surface area (TPSA) is 112 Å². The van der Waals surface area contributed by atoms with Crippen molar-refractivity contribution >= 4 is 29.0 Å². The van der Waals surface area contributed by atoms with E-state index in [2.05, 4.69) is 15.1 Å². The van der Waals surface area contributed by atoms with Crippen LogP contribution in [0.4, 0.5) is 24.7 Å². The van der Waals surface area contributed by atoms with Gasteiger partial charge in [0.25, 0.3) is 5.91 Å². The minimum atomic E-state index is -4.70. The molecule has 2 aliphatic rings. The lowest BCUT2D eigenvalue weighted by Crippen LogP contribution is -2.29. The maximum absolute atomic E-state index is 13.9. The van der Waals surface area contributed by atoms with Crippen LogP contribution in [0.15, 0.2) is 12.1 Å². The first-order valence-electron chi connectivity index (χ1n) is 12.6. The molecular weight excluding hydrogens is 551 g/mol. The molecule has 0 radical (unpaired) electrons. The van der Waals surface area contributed by atoms with Crippen molar-refractivity contribution in [2.45, 2.75) is 51.7 Å². The predicted molar refractivity (Wildman–Crippen MR) is 141 cm³/mol. The second kappa shape index (κ2) is 10.4. The van der Waals surface area contributed by atoms with Crippen molar-refractivity contribution in [1.82, 2.24) is 24.6 Å². The molecule has 0 bridgehead atoms. The number of rotatable bonds is 4. The van der Waals surface area contributed by atoms with Gasteiger partial charge in [-0.2, -0.15) is 28.2 Å². The summed E-state index contributed by atoms with van der Waals surface area (Å²) in [7, 11) is 4.80. The van der Waals surface area contributed by atoms with E-state index in [0.717, 1.165) is 23.7 Å². The van der Waals surface area contributed by atoms with Crippen LogP contribution in [-0.2, 0) is 37.0 Å². The number of hydrogen-bond donors (Lipinski definition) is 1. The number of aryl methyl sites for hydroxylation is 1. The van der Waals surface area contributed by atoms with E-state index in [1.54, 1.807) is 14.1 Å². The van der Waals surface area contributed by atoms with Gasteiger partial charge in [0, 0.05) is 50.4 Å². The summed E-state index contributed by atoms with van der Waals surface area (Å²) in [5.74, 6) is 0.390. The fourth-order valence-corrected chi connectivity index (χ4v) is 5.57. The summed E-state index contributed by atoms with van der Waals surface area (Å²) >= 11 is 5.98. The number of amides is 1. The second-order valence-corrected chi connectivity index (χ2v) is 10.5. The van der Waals surface area contributed by atoms with Gasteiger partial charge in [-0.3, -0.25) is 9.48 Å². The fraction of sp³-hybridized carbons (Fsp3) is 0.462. The lowest BCUT2D eigenvalue weighted by molar-refractivity contribution is -0.139. The van der Waals surface area contributed by atoms with Crippen molar-refractivity contribution in [3.05, 3.63) is 56.5 Å². The Balaban J connectivity index is 1.52. The van der Waals surface area contributed by atoms with Gasteiger partial charge in [-0.15, -0.1) is 0 Å². The molecule has 3 aromatic rings. The molecule has 1 unspecified atom stereocenters. The zero-order chi connectivity index (χ0) is 28.9. The maximum atomic E-state index is 13.9. The van der Waals surface area contributed by atoms with Crippen LogP contribution in [0.3, 0.4) is 0 Å². The number of hydrogen-bond acceptors (Lipinski definition) is 8. The number of carbonyl (C=O) groups excluding carboxylic acids is 1. The highest BCUT2D eigenvalue weighted by atomic mass is 35.5. The molecular formula is C26H29ClF3N7O3. The molecule has 0 aliphatic carbocycles. The van der Waals surface area contributed by atoms with E-state index in [1.165, 1.54) is 18.1 Å². The van der Waals surface area contributed by atoms with Gasteiger partial charge < -0.3 is 25.0 Å². The van der Waals surface area contributed by atoms with Gasteiger partial charge in [-0.05, 0) is 31.0 Å². The predicted octanol–water partition coefficient (Wildman–Crippen LogP) is 4.17. The molecule has 0 fully saturated rings. The second-order valence-electron chi connectivity index (χ2n) is 10.0. The standard InChI is InChI=1S/C26H29ClF3N7O3/c1-13-19-11-36(6-5-7-37(19)34-22(13)24(38)35(2)3)23-16-12-40-20(10-18(16)32-25(33-23)39-4)15-8-14(31)9-17(27)21(15)26(28,29)30/h8-9,20H,5-7,10-12,31H2,1-4H3. The largest absolute Gasteiger partial charge is 0.467 e. The van der Waals surface area contributed by atoms with E-state index in [1.807, 2.05) is 16.5 Å². The summed E-state index contributed by atoms with van der Waals surface area (Å²) in [4.78, 5) is 25.3. The Morgan fingerprint density at radius 3 is 2.67 bits per heavy atom. The number of alkyl halides is 3. The number of aromatic nitrogens is 4. The van der Waals surface area contributed by atoms with Gasteiger partial charge in [0.15, 0.2) is 5.69 Å². The molecule has 1 aromatic carbocycles. The summed E-state index contributed by atoms with van der Waals surface area (Å²) in [5.41, 5.74) is 8.09. The first-order valence-corrected chi connectivity index (χ1v) is 13.0. The molecule has 214 valence electrons. The summed E-state index contributed by atoms with van der Waals surface area (Å²) in [6, 6.07) is 2.42. The highest BCUT2D eigenvalue weighted by molar-refractivity contribution is 6.31. The third kappa shape index (κ3) is 5.03. The van der Waals surface area contributed by atoms with E-state index < -0.39 is 22.9 Å². The van der Waals surface area contributed by atoms with Crippen molar-refractivity contribution in [3.8, 4) is 6.01 Å². The number of anilines is 2. The SMILES string of the molecule is COc1nc2c(c(N3CCCn4nc(C(=O)N(C)C)c(C)c4C3)n1)COC(c1cc(N)cc(Cl)c1C(F)(F)F)C2. The lowest BCUT2D eigenvalue weighted by atomic mass is 9.94. The van der Waals surface area contributed by atoms with Crippen LogP contribution in [-0.4, -0.2) is 58.3 Å². The van der Waals surface area contributed by atoms with Crippen molar-refractivity contribution in [3.63, 3.8) is 0 Å². The van der Waals surface area contributed by atoms with Crippen LogP contribution in [0.1, 0.15) is 56.7 Å². The van der Waals surface area contributed by atoms with Crippen molar-refractivity contribution < 1.29 is 27.4 Å². The molecule has 2 aromatic heterocycles. The van der Waals surface area contributed by atoms with Crippen LogP contribution in [0.2, 0.25) is 5.02 Å². The first-order chi connectivity index (χ1) is 18.9. The number of benzene rings is 1. The lowest BCUT2D eigenvalue weighted by Gasteiger charge is -2.31. The fourth-order valence-electron chi connectivity index (χ4n) is 5.22. The van der Waals surface area contributed by atoms with Crippen LogP contribution in [0.25, 0.3) is 0 Å². The molecule has 0 spiro atoms. The zero-order valence-electron chi connectivity index (χ0n) is 22.5. The molecule has 4 heterocycles. The van der Waals surface area contributed by atoms with Crippen LogP contribution >= 0.6 is 11.6 Å². The summed E-state index contributed by atoms with van der Waals surface area (Å²) < 4.78 is 55.1. The van der Waals surface area contributed by atoms with E-state index >= 15 is 0 Å². The van der Waals surface area contributed by atoms with E-state index in [0.29, 0.717) is 42.4 Å². The number of nitrogen functional groups attached to an aromatic ring is 1. The summed E-state index contributed by atoms with van der Waals surface area (Å²) in [6.07, 6.45) is -4.91. The van der Waals surface area contributed by atoms with Crippen LogP contribution in [0, 0.1) is 6.92 Å². The summed E-state index contributed by atoms with van der Waals surface area (Å²) in [6.45, 7) is 3.50. The van der Waals surface area contributed by atoms with Gasteiger partial charge in [-0.1, -0.05) is 11.6 Å². The molecule has 0 saturated carbocycles. The average molecular weight is 580 g/mol. The average Bonchev–Trinajstić information content (AvgIpc) is 3.05. The molecule has 1 atom stereocenters. The monoisotopic (exact) mass is 579 g/mol. The molecule has 5 rings (SSSR count). The molecule has 1 amide bonds. The molecule has 2 N–H and O–H groups in total. The summed E-state index contributed by atoms with van der Waals surface area (Å²) in [5, 5.41) is 4.09. The third-order valence-corrected chi connectivity index (χ3v) is 7.48. The molecule has 10 nitrogen and oxygen atoms in total. The van der Waals surface area contributed by atoms with E-state index in [-0.39, 0.29) is 36.2 Å². The number of nitrogens with two attached hydrogens (primary N) is 1. The first kappa shape index (κ1) is 28.0. The Kier molecular flexibility index (Phi) is 7.29. The van der Waals surface area contributed by atoms with Gasteiger partial charge in [0.05, 0.1) is 48.3 Å². The highest BCUT2D eigenvalue weighted by Gasteiger charge is 2.40. The zero-order valence-corrected chi connectivity index (χ0v) is 23.2. The molecule has 2 aliphatic heterocycles. The van der Waals surface area contributed by atoms with E-state index in [4.69, 9.17) is 26.8 Å². The van der Waals surface area contributed by atoms with Crippen LogP contribution < -0.4 is 15.4 Å². The van der Waals surface area contributed by atoms with Gasteiger partial charge in [0.1, 0.15) is 5.82 Å². The van der Waals surface area contributed by atoms with Gasteiger partial charge in [-0.25, -0.2) is 0 Å².